The molecule has 0 aliphatic rings. The zero-order chi connectivity index (χ0) is 10.8. The Kier molecular flexibility index (Phi) is 3.15. The summed E-state index contributed by atoms with van der Waals surface area (Å²) in [4.78, 5) is 10.3. The predicted octanol–water partition coefficient (Wildman–Crippen LogP) is 3.16. The number of aldehydes is 1. The molecule has 0 radical (unpaired) electrons. The third-order valence-electron chi connectivity index (χ3n) is 1.32. The molecule has 0 fully saturated rings. The van der Waals surface area contributed by atoms with Gasteiger partial charge in [0.1, 0.15) is 12.0 Å². The Balaban J connectivity index is 3.01. The lowest BCUT2D eigenvalue weighted by molar-refractivity contribution is -0.274. The van der Waals surface area contributed by atoms with Crippen LogP contribution in [0.25, 0.3) is 0 Å². The molecule has 0 atom stereocenters. The van der Waals surface area contributed by atoms with Crippen LogP contribution in [0.1, 0.15) is 10.4 Å². The van der Waals surface area contributed by atoms with Crippen molar-refractivity contribution in [3.05, 3.63) is 28.2 Å². The molecule has 76 valence electrons. The number of carbonyl (C=O) groups is 1. The molecule has 0 spiro atoms. The van der Waals surface area contributed by atoms with Crippen molar-refractivity contribution in [2.24, 2.45) is 0 Å². The monoisotopic (exact) mass is 268 g/mol. The van der Waals surface area contributed by atoms with E-state index in [1.165, 1.54) is 12.1 Å². The summed E-state index contributed by atoms with van der Waals surface area (Å²) in [7, 11) is 0. The van der Waals surface area contributed by atoms with Crippen LogP contribution in [0.15, 0.2) is 22.7 Å². The molecule has 1 aromatic carbocycles. The number of rotatable bonds is 2. The highest BCUT2D eigenvalue weighted by atomic mass is 79.9. The Hall–Kier alpha value is -1.04. The van der Waals surface area contributed by atoms with E-state index in [9.17, 15) is 18.0 Å². The van der Waals surface area contributed by atoms with E-state index in [0.29, 0.717) is 6.29 Å². The van der Waals surface area contributed by atoms with Crippen LogP contribution in [0.2, 0.25) is 0 Å². The number of carbonyl (C=O) groups excluding carboxylic acids is 1. The summed E-state index contributed by atoms with van der Waals surface area (Å²) in [5.41, 5.74) is 0.118. The van der Waals surface area contributed by atoms with Gasteiger partial charge in [-0.3, -0.25) is 4.79 Å². The lowest BCUT2D eigenvalue weighted by Crippen LogP contribution is -2.17. The average molecular weight is 269 g/mol. The fourth-order valence-corrected chi connectivity index (χ4v) is 1.12. The summed E-state index contributed by atoms with van der Waals surface area (Å²) in [6.07, 6.45) is -4.32. The minimum absolute atomic E-state index is 0.118. The van der Waals surface area contributed by atoms with Gasteiger partial charge in [-0.05, 0) is 28.1 Å². The van der Waals surface area contributed by atoms with Gasteiger partial charge >= 0.3 is 6.36 Å². The molecule has 2 nitrogen and oxygen atoms in total. The first-order valence-corrected chi connectivity index (χ1v) is 4.22. The summed E-state index contributed by atoms with van der Waals surface area (Å²) < 4.78 is 39.3. The van der Waals surface area contributed by atoms with Crippen molar-refractivity contribution in [3.63, 3.8) is 0 Å². The molecule has 0 aliphatic heterocycles. The molecule has 0 saturated heterocycles. The quantitative estimate of drug-likeness (QED) is 0.771. The van der Waals surface area contributed by atoms with Crippen LogP contribution in [0.3, 0.4) is 0 Å². The molecular weight excluding hydrogens is 265 g/mol. The number of hydrogen-bond donors (Lipinski definition) is 0. The van der Waals surface area contributed by atoms with Crippen LogP contribution in [0.5, 0.6) is 5.75 Å². The maximum atomic E-state index is 11.8. The molecule has 0 N–H and O–H groups in total. The van der Waals surface area contributed by atoms with Gasteiger partial charge in [-0.2, -0.15) is 0 Å². The minimum Gasteiger partial charge on any atom is -0.405 e. The van der Waals surface area contributed by atoms with E-state index in [1.807, 2.05) is 0 Å². The van der Waals surface area contributed by atoms with E-state index >= 15 is 0 Å². The van der Waals surface area contributed by atoms with Gasteiger partial charge < -0.3 is 4.74 Å². The fraction of sp³-hybridized carbons (Fsp3) is 0.125. The van der Waals surface area contributed by atoms with Gasteiger partial charge in [0.2, 0.25) is 0 Å². The molecule has 0 bridgehead atoms. The highest BCUT2D eigenvalue weighted by Gasteiger charge is 2.31. The molecule has 0 saturated carbocycles. The average Bonchev–Trinajstić information content (AvgIpc) is 2.06. The van der Waals surface area contributed by atoms with E-state index in [-0.39, 0.29) is 10.0 Å². The second kappa shape index (κ2) is 4.00. The normalized spacial score (nSPS) is 11.1. The summed E-state index contributed by atoms with van der Waals surface area (Å²) in [6.45, 7) is 0. The van der Waals surface area contributed by atoms with Crippen LogP contribution in [0, 0.1) is 0 Å². The second-order valence-corrected chi connectivity index (χ2v) is 3.21. The van der Waals surface area contributed by atoms with E-state index in [0.717, 1.165) is 6.07 Å². The first-order valence-electron chi connectivity index (χ1n) is 3.43. The Morgan fingerprint density at radius 1 is 1.36 bits per heavy atom. The first kappa shape index (κ1) is 11.0. The Labute approximate surface area is 85.8 Å². The van der Waals surface area contributed by atoms with Crippen molar-refractivity contribution in [2.75, 3.05) is 0 Å². The van der Waals surface area contributed by atoms with E-state index < -0.39 is 12.1 Å². The smallest absolute Gasteiger partial charge is 0.405 e. The molecule has 0 unspecified atom stereocenters. The highest BCUT2D eigenvalue weighted by molar-refractivity contribution is 9.10. The van der Waals surface area contributed by atoms with Gasteiger partial charge in [-0.15, -0.1) is 13.2 Å². The second-order valence-electron chi connectivity index (χ2n) is 2.36. The third kappa shape index (κ3) is 3.02. The van der Waals surface area contributed by atoms with Gasteiger partial charge in [0, 0.05) is 5.56 Å². The predicted molar refractivity (Wildman–Crippen MR) is 46.2 cm³/mol. The first-order chi connectivity index (χ1) is 6.42. The molecule has 6 heteroatoms. The Morgan fingerprint density at radius 3 is 2.50 bits per heavy atom. The van der Waals surface area contributed by atoms with Crippen LogP contribution in [-0.4, -0.2) is 12.6 Å². The maximum Gasteiger partial charge on any atom is 0.573 e. The van der Waals surface area contributed by atoms with Crippen molar-refractivity contribution < 1.29 is 22.7 Å². The molecule has 1 aromatic rings. The van der Waals surface area contributed by atoms with Crippen molar-refractivity contribution in [1.82, 2.24) is 0 Å². The van der Waals surface area contributed by atoms with Crippen molar-refractivity contribution in [3.8, 4) is 5.75 Å². The van der Waals surface area contributed by atoms with Crippen LogP contribution in [0.4, 0.5) is 13.2 Å². The van der Waals surface area contributed by atoms with Crippen LogP contribution >= 0.6 is 15.9 Å². The van der Waals surface area contributed by atoms with Crippen molar-refractivity contribution >= 4 is 22.2 Å². The Bertz CT molecular complexity index is 349. The van der Waals surface area contributed by atoms with Gasteiger partial charge in [0.15, 0.2) is 0 Å². The topological polar surface area (TPSA) is 26.3 Å². The zero-order valence-electron chi connectivity index (χ0n) is 6.64. The molecule has 0 aliphatic carbocycles. The lowest BCUT2D eigenvalue weighted by atomic mass is 10.2. The van der Waals surface area contributed by atoms with Gasteiger partial charge in [0.05, 0.1) is 4.47 Å². The van der Waals surface area contributed by atoms with Gasteiger partial charge in [0.25, 0.3) is 0 Å². The van der Waals surface area contributed by atoms with E-state index in [2.05, 4.69) is 20.7 Å². The lowest BCUT2D eigenvalue weighted by Gasteiger charge is -2.10. The number of hydrogen-bond acceptors (Lipinski definition) is 2. The highest BCUT2D eigenvalue weighted by Crippen LogP contribution is 2.30. The number of alkyl halides is 3. The SMILES string of the molecule is O=Cc1ccc(Br)c(OC(F)(F)F)c1. The molecule has 0 heterocycles. The van der Waals surface area contributed by atoms with Gasteiger partial charge in [-0.1, -0.05) is 6.07 Å². The summed E-state index contributed by atoms with van der Waals surface area (Å²) in [5, 5.41) is 0. The summed E-state index contributed by atoms with van der Waals surface area (Å²) in [5.74, 6) is -0.429. The summed E-state index contributed by atoms with van der Waals surface area (Å²) >= 11 is 2.87. The third-order valence-corrected chi connectivity index (χ3v) is 1.97. The Morgan fingerprint density at radius 2 is 2.00 bits per heavy atom. The number of ether oxygens (including phenoxy) is 1. The molecule has 0 aromatic heterocycles. The standard InChI is InChI=1S/C8H4BrF3O2/c9-6-2-1-5(4-13)3-7(6)14-8(10,11)12/h1-4H. The van der Waals surface area contributed by atoms with Crippen molar-refractivity contribution in [2.45, 2.75) is 6.36 Å². The molecule has 0 amide bonds. The van der Waals surface area contributed by atoms with E-state index in [1.54, 1.807) is 0 Å². The van der Waals surface area contributed by atoms with Gasteiger partial charge in [-0.25, -0.2) is 0 Å². The summed E-state index contributed by atoms with van der Waals surface area (Å²) in [6, 6.07) is 3.69. The molecule has 14 heavy (non-hydrogen) atoms. The molecular formula is C8H4BrF3O2. The maximum absolute atomic E-state index is 11.8. The van der Waals surface area contributed by atoms with Crippen molar-refractivity contribution in [1.29, 1.82) is 0 Å². The zero-order valence-corrected chi connectivity index (χ0v) is 8.22. The number of halogens is 4. The fourth-order valence-electron chi connectivity index (χ4n) is 0.796. The molecule has 1 rings (SSSR count). The number of benzene rings is 1. The van der Waals surface area contributed by atoms with Crippen LogP contribution in [-0.2, 0) is 0 Å². The van der Waals surface area contributed by atoms with Crippen LogP contribution < -0.4 is 4.74 Å². The minimum atomic E-state index is -4.76. The largest absolute Gasteiger partial charge is 0.573 e. The van der Waals surface area contributed by atoms with E-state index in [4.69, 9.17) is 0 Å².